The highest BCUT2D eigenvalue weighted by Gasteiger charge is 2.21. The average molecular weight is 400 g/mol. The fourth-order valence-electron chi connectivity index (χ4n) is 3.44. The summed E-state index contributed by atoms with van der Waals surface area (Å²) in [5.41, 5.74) is 2.12. The quantitative estimate of drug-likeness (QED) is 0.546. The van der Waals surface area contributed by atoms with Gasteiger partial charge in [-0.05, 0) is 12.1 Å². The second kappa shape index (κ2) is 7.92. The summed E-state index contributed by atoms with van der Waals surface area (Å²) in [6.07, 6.45) is 0. The number of hydrogen-bond donors (Lipinski definition) is 2. The highest BCUT2D eigenvalue weighted by molar-refractivity contribution is 5.95. The molecule has 0 spiro atoms. The van der Waals surface area contributed by atoms with E-state index in [1.807, 2.05) is 54.6 Å². The third-order valence-electron chi connectivity index (χ3n) is 4.98. The summed E-state index contributed by atoms with van der Waals surface area (Å²) in [5.74, 6) is 1.75. The van der Waals surface area contributed by atoms with Gasteiger partial charge in [0.05, 0.1) is 18.7 Å². The zero-order valence-electron chi connectivity index (χ0n) is 16.2. The van der Waals surface area contributed by atoms with E-state index in [9.17, 15) is 4.79 Å². The van der Waals surface area contributed by atoms with Crippen molar-refractivity contribution in [1.82, 2.24) is 25.1 Å². The van der Waals surface area contributed by atoms with Gasteiger partial charge in [-0.1, -0.05) is 42.5 Å². The van der Waals surface area contributed by atoms with Crippen molar-refractivity contribution in [3.05, 3.63) is 66.4 Å². The third-order valence-corrected chi connectivity index (χ3v) is 4.98. The maximum Gasteiger partial charge on any atom is 0.274 e. The van der Waals surface area contributed by atoms with E-state index in [1.165, 1.54) is 0 Å². The number of hydrogen-bond acceptors (Lipinski definition) is 6. The molecule has 2 N–H and O–H groups in total. The summed E-state index contributed by atoms with van der Waals surface area (Å²) >= 11 is 0. The molecular weight excluding hydrogens is 380 g/mol. The van der Waals surface area contributed by atoms with Crippen molar-refractivity contribution in [2.45, 2.75) is 0 Å². The van der Waals surface area contributed by atoms with E-state index in [4.69, 9.17) is 14.7 Å². The van der Waals surface area contributed by atoms with Crippen LogP contribution in [-0.2, 0) is 4.74 Å². The molecule has 0 atom stereocenters. The first-order valence-electron chi connectivity index (χ1n) is 9.79. The van der Waals surface area contributed by atoms with Gasteiger partial charge in [0.15, 0.2) is 11.5 Å². The Kier molecular flexibility index (Phi) is 4.82. The van der Waals surface area contributed by atoms with Crippen molar-refractivity contribution in [2.75, 3.05) is 31.6 Å². The second-order valence-corrected chi connectivity index (χ2v) is 6.98. The number of fused-ring (bicyclic) bond motifs is 1. The van der Waals surface area contributed by atoms with Crippen LogP contribution in [0, 0.1) is 0 Å². The third kappa shape index (κ3) is 3.60. The number of carbonyl (C=O) groups is 1. The molecule has 1 aliphatic rings. The van der Waals surface area contributed by atoms with E-state index < -0.39 is 0 Å². The summed E-state index contributed by atoms with van der Waals surface area (Å²) in [6, 6.07) is 19.3. The van der Waals surface area contributed by atoms with E-state index in [1.54, 1.807) is 11.0 Å². The zero-order chi connectivity index (χ0) is 20.3. The minimum atomic E-state index is -0.111. The van der Waals surface area contributed by atoms with Gasteiger partial charge in [-0.3, -0.25) is 9.89 Å². The van der Waals surface area contributed by atoms with E-state index in [2.05, 4.69) is 15.5 Å². The van der Waals surface area contributed by atoms with Crippen molar-refractivity contribution in [3.63, 3.8) is 0 Å². The number of aromatic nitrogens is 4. The molecule has 2 aromatic heterocycles. The van der Waals surface area contributed by atoms with Gasteiger partial charge < -0.3 is 15.0 Å². The molecule has 1 amide bonds. The van der Waals surface area contributed by atoms with Crippen LogP contribution in [0.2, 0.25) is 0 Å². The number of nitrogens with zero attached hydrogens (tertiary/aromatic N) is 4. The highest BCUT2D eigenvalue weighted by atomic mass is 16.5. The van der Waals surface area contributed by atoms with Crippen LogP contribution in [-0.4, -0.2) is 57.3 Å². The molecule has 8 heteroatoms. The van der Waals surface area contributed by atoms with E-state index >= 15 is 0 Å². The number of amides is 1. The Hall–Kier alpha value is -3.78. The number of morpholine rings is 1. The summed E-state index contributed by atoms with van der Waals surface area (Å²) in [7, 11) is 0. The summed E-state index contributed by atoms with van der Waals surface area (Å²) < 4.78 is 5.31. The topological polar surface area (TPSA) is 96.0 Å². The largest absolute Gasteiger partial charge is 0.378 e. The first-order chi connectivity index (χ1) is 14.8. The lowest BCUT2D eigenvalue weighted by atomic mass is 10.2. The molecule has 30 heavy (non-hydrogen) atoms. The van der Waals surface area contributed by atoms with Crippen molar-refractivity contribution >= 4 is 28.4 Å². The van der Waals surface area contributed by atoms with Crippen LogP contribution in [0.3, 0.4) is 0 Å². The van der Waals surface area contributed by atoms with Gasteiger partial charge in [0.25, 0.3) is 5.91 Å². The molecular formula is C22H20N6O2. The molecule has 4 aromatic rings. The van der Waals surface area contributed by atoms with E-state index in [-0.39, 0.29) is 5.91 Å². The molecule has 1 saturated heterocycles. The number of rotatable bonds is 4. The molecule has 0 saturated carbocycles. The first kappa shape index (κ1) is 18.3. The van der Waals surface area contributed by atoms with Crippen LogP contribution in [0.5, 0.6) is 0 Å². The fraction of sp³-hybridized carbons (Fsp3) is 0.182. The lowest BCUT2D eigenvalue weighted by molar-refractivity contribution is 0.0299. The van der Waals surface area contributed by atoms with Crippen LogP contribution in [0.1, 0.15) is 10.5 Å². The Morgan fingerprint density at radius 3 is 2.60 bits per heavy atom. The number of ether oxygens (including phenoxy) is 1. The number of carbonyl (C=O) groups excluding carboxylic acids is 1. The van der Waals surface area contributed by atoms with Crippen LogP contribution in [0.15, 0.2) is 60.7 Å². The SMILES string of the molecule is O=C(c1cc(Nc2nc(-c3ccccc3)nc3ccccc23)[nH]n1)N1CCOCC1. The summed E-state index contributed by atoms with van der Waals surface area (Å²) in [5, 5.41) is 11.2. The number of anilines is 2. The molecule has 150 valence electrons. The number of aromatic amines is 1. The number of nitrogens with one attached hydrogen (secondary N) is 2. The minimum absolute atomic E-state index is 0.111. The number of benzene rings is 2. The van der Waals surface area contributed by atoms with Gasteiger partial charge >= 0.3 is 0 Å². The Morgan fingerprint density at radius 2 is 1.77 bits per heavy atom. The maximum absolute atomic E-state index is 12.7. The van der Waals surface area contributed by atoms with Crippen molar-refractivity contribution in [3.8, 4) is 11.4 Å². The molecule has 5 rings (SSSR count). The monoisotopic (exact) mass is 400 g/mol. The van der Waals surface area contributed by atoms with E-state index in [0.29, 0.717) is 49.5 Å². The van der Waals surface area contributed by atoms with Gasteiger partial charge in [-0.2, -0.15) is 5.10 Å². The van der Waals surface area contributed by atoms with Crippen LogP contribution >= 0.6 is 0 Å². The zero-order valence-corrected chi connectivity index (χ0v) is 16.2. The standard InChI is InChI=1S/C22H20N6O2/c29-22(28-10-12-30-13-11-28)18-14-19(27-26-18)24-21-16-8-4-5-9-17(16)23-20(25-21)15-6-2-1-3-7-15/h1-9,14H,10-13H2,(H2,23,24,25,26,27). The molecule has 0 radical (unpaired) electrons. The Bertz CT molecular complexity index is 1180. The Morgan fingerprint density at radius 1 is 1.00 bits per heavy atom. The lowest BCUT2D eigenvalue weighted by Gasteiger charge is -2.25. The van der Waals surface area contributed by atoms with Crippen LogP contribution < -0.4 is 5.32 Å². The lowest BCUT2D eigenvalue weighted by Crippen LogP contribution is -2.40. The summed E-state index contributed by atoms with van der Waals surface area (Å²) in [6.45, 7) is 2.25. The minimum Gasteiger partial charge on any atom is -0.378 e. The van der Waals surface area contributed by atoms with Gasteiger partial charge in [0, 0.05) is 30.1 Å². The van der Waals surface area contributed by atoms with Crippen molar-refractivity contribution in [1.29, 1.82) is 0 Å². The number of H-pyrrole nitrogens is 1. The molecule has 0 aliphatic carbocycles. The number of para-hydroxylation sites is 1. The smallest absolute Gasteiger partial charge is 0.274 e. The summed E-state index contributed by atoms with van der Waals surface area (Å²) in [4.78, 5) is 23.8. The predicted octanol–water partition coefficient (Wildman–Crippen LogP) is 3.24. The molecule has 1 fully saturated rings. The molecule has 1 aliphatic heterocycles. The molecule has 3 heterocycles. The van der Waals surface area contributed by atoms with Gasteiger partial charge in [0.1, 0.15) is 11.6 Å². The van der Waals surface area contributed by atoms with Crippen molar-refractivity contribution < 1.29 is 9.53 Å². The van der Waals surface area contributed by atoms with Gasteiger partial charge in [-0.25, -0.2) is 9.97 Å². The fourth-order valence-corrected chi connectivity index (χ4v) is 3.44. The van der Waals surface area contributed by atoms with Gasteiger partial charge in [0.2, 0.25) is 0 Å². The first-order valence-corrected chi connectivity index (χ1v) is 9.79. The highest BCUT2D eigenvalue weighted by Crippen LogP contribution is 2.27. The second-order valence-electron chi connectivity index (χ2n) is 6.98. The van der Waals surface area contributed by atoms with Crippen LogP contribution in [0.4, 0.5) is 11.6 Å². The van der Waals surface area contributed by atoms with Gasteiger partial charge in [-0.15, -0.1) is 0 Å². The predicted molar refractivity (Wildman–Crippen MR) is 114 cm³/mol. The average Bonchev–Trinajstić information content (AvgIpc) is 3.28. The molecule has 0 bridgehead atoms. The Labute approximate surface area is 172 Å². The molecule has 2 aromatic carbocycles. The molecule has 0 unspecified atom stereocenters. The maximum atomic E-state index is 12.7. The molecule has 8 nitrogen and oxygen atoms in total. The van der Waals surface area contributed by atoms with E-state index in [0.717, 1.165) is 16.5 Å². The van der Waals surface area contributed by atoms with Crippen LogP contribution in [0.25, 0.3) is 22.3 Å². The van der Waals surface area contributed by atoms with Crippen molar-refractivity contribution in [2.24, 2.45) is 0 Å². The normalized spacial score (nSPS) is 14.1. The Balaban J connectivity index is 1.47.